The summed E-state index contributed by atoms with van der Waals surface area (Å²) in [7, 11) is 1.21. The van der Waals surface area contributed by atoms with Crippen LogP contribution in [-0.4, -0.2) is 31.5 Å². The molecule has 58 valence electrons. The van der Waals surface area contributed by atoms with Gasteiger partial charge >= 0.3 is 11.9 Å². The quantitative estimate of drug-likeness (QED) is 0.436. The van der Waals surface area contributed by atoms with Crippen LogP contribution < -0.4 is 0 Å². The summed E-state index contributed by atoms with van der Waals surface area (Å²) >= 11 is 5.05. The first-order valence-corrected chi connectivity index (χ1v) is 3.02. The molecule has 0 saturated heterocycles. The molecule has 5 heteroatoms. The van der Waals surface area contributed by atoms with Crippen molar-refractivity contribution in [1.29, 1.82) is 0 Å². The van der Waals surface area contributed by atoms with E-state index in [0.717, 1.165) is 0 Å². The van der Waals surface area contributed by atoms with E-state index in [4.69, 9.17) is 11.6 Å². The van der Waals surface area contributed by atoms with E-state index in [1.807, 2.05) is 0 Å². The Morgan fingerprint density at radius 3 is 2.40 bits per heavy atom. The van der Waals surface area contributed by atoms with Crippen LogP contribution in [0.5, 0.6) is 0 Å². The molecule has 10 heavy (non-hydrogen) atoms. The highest BCUT2D eigenvalue weighted by atomic mass is 35.5. The Bertz CT molecular complexity index is 118. The summed E-state index contributed by atoms with van der Waals surface area (Å²) in [6, 6.07) is 0. The standard InChI is InChI=1S/C5H7ClO4/c1-9-5(8)3-10-4(7)2-6/h2-3H2,1H3. The van der Waals surface area contributed by atoms with Gasteiger partial charge in [0.25, 0.3) is 0 Å². The Labute approximate surface area is 63.1 Å². The van der Waals surface area contributed by atoms with Crippen LogP contribution in [-0.2, 0) is 19.1 Å². The maximum Gasteiger partial charge on any atom is 0.344 e. The van der Waals surface area contributed by atoms with Crippen LogP contribution in [0.25, 0.3) is 0 Å². The Kier molecular flexibility index (Phi) is 4.66. The van der Waals surface area contributed by atoms with Crippen LogP contribution in [0.15, 0.2) is 0 Å². The summed E-state index contributed by atoms with van der Waals surface area (Å²) in [5.41, 5.74) is 0. The third-order valence-corrected chi connectivity index (χ3v) is 0.906. The number of hydrogen-bond acceptors (Lipinski definition) is 4. The van der Waals surface area contributed by atoms with E-state index in [9.17, 15) is 9.59 Å². The fourth-order valence-electron chi connectivity index (χ4n) is 0.237. The van der Waals surface area contributed by atoms with Crippen molar-refractivity contribution in [3.05, 3.63) is 0 Å². The van der Waals surface area contributed by atoms with E-state index in [1.54, 1.807) is 0 Å². The fourth-order valence-corrected chi connectivity index (χ4v) is 0.314. The van der Waals surface area contributed by atoms with Gasteiger partial charge in [0.05, 0.1) is 7.11 Å². The predicted octanol–water partition coefficient (Wildman–Crippen LogP) is -0.0586. The molecule has 0 unspecified atom stereocenters. The molecule has 0 aromatic rings. The van der Waals surface area contributed by atoms with Crippen molar-refractivity contribution in [2.75, 3.05) is 19.6 Å². The molecule has 0 rings (SSSR count). The zero-order valence-electron chi connectivity index (χ0n) is 5.43. The van der Waals surface area contributed by atoms with Crippen molar-refractivity contribution in [3.63, 3.8) is 0 Å². The smallest absolute Gasteiger partial charge is 0.344 e. The summed E-state index contributed by atoms with van der Waals surface area (Å²) in [4.78, 5) is 20.6. The molecule has 0 atom stereocenters. The fraction of sp³-hybridized carbons (Fsp3) is 0.600. The summed E-state index contributed by atoms with van der Waals surface area (Å²) in [6.45, 7) is -0.373. The normalized spacial score (nSPS) is 8.60. The van der Waals surface area contributed by atoms with Crippen LogP contribution in [0, 0.1) is 0 Å². The summed E-state index contributed by atoms with van der Waals surface area (Å²) in [5.74, 6) is -1.48. The Balaban J connectivity index is 3.35. The highest BCUT2D eigenvalue weighted by molar-refractivity contribution is 6.26. The van der Waals surface area contributed by atoms with E-state index in [2.05, 4.69) is 9.47 Å². The van der Waals surface area contributed by atoms with E-state index < -0.39 is 11.9 Å². The second kappa shape index (κ2) is 5.05. The summed E-state index contributed by atoms with van der Waals surface area (Å²) in [5, 5.41) is 0. The second-order valence-corrected chi connectivity index (χ2v) is 1.64. The van der Waals surface area contributed by atoms with Gasteiger partial charge in [0.2, 0.25) is 0 Å². The molecule has 0 N–H and O–H groups in total. The number of esters is 2. The van der Waals surface area contributed by atoms with Crippen LogP contribution in [0.4, 0.5) is 0 Å². The predicted molar refractivity (Wildman–Crippen MR) is 33.7 cm³/mol. The summed E-state index contributed by atoms with van der Waals surface area (Å²) in [6.07, 6.45) is 0. The molecule has 0 aromatic heterocycles. The molecule has 0 amide bonds. The van der Waals surface area contributed by atoms with Crippen LogP contribution >= 0.6 is 11.6 Å². The lowest BCUT2D eigenvalue weighted by Crippen LogP contribution is -2.15. The first kappa shape index (κ1) is 9.23. The minimum absolute atomic E-state index is 0.253. The molecule has 0 saturated carbocycles. The first-order chi connectivity index (χ1) is 4.70. The van der Waals surface area contributed by atoms with Gasteiger partial charge in [-0.2, -0.15) is 0 Å². The number of ether oxygens (including phenoxy) is 2. The largest absolute Gasteiger partial charge is 0.466 e. The van der Waals surface area contributed by atoms with E-state index in [1.165, 1.54) is 7.11 Å². The number of methoxy groups -OCH3 is 1. The number of carbonyl (C=O) groups excluding carboxylic acids is 2. The van der Waals surface area contributed by atoms with E-state index in [-0.39, 0.29) is 12.5 Å². The number of carbonyl (C=O) groups is 2. The zero-order valence-corrected chi connectivity index (χ0v) is 6.18. The Hall–Kier alpha value is -0.770. The molecule has 0 radical (unpaired) electrons. The number of halogens is 1. The third-order valence-electron chi connectivity index (χ3n) is 0.688. The average Bonchev–Trinajstić information content (AvgIpc) is 1.99. The lowest BCUT2D eigenvalue weighted by atomic mass is 10.7. The molecule has 0 aromatic carbocycles. The molecular formula is C5H7ClO4. The molecular weight excluding hydrogens is 160 g/mol. The maximum absolute atomic E-state index is 10.3. The number of alkyl halides is 1. The van der Waals surface area contributed by atoms with Crippen molar-refractivity contribution in [2.24, 2.45) is 0 Å². The molecule has 0 aliphatic heterocycles. The highest BCUT2D eigenvalue weighted by Crippen LogP contribution is 1.83. The molecule has 0 spiro atoms. The van der Waals surface area contributed by atoms with Crippen molar-refractivity contribution in [1.82, 2.24) is 0 Å². The van der Waals surface area contributed by atoms with Crippen molar-refractivity contribution in [3.8, 4) is 0 Å². The second-order valence-electron chi connectivity index (χ2n) is 1.37. The Morgan fingerprint density at radius 2 is 2.00 bits per heavy atom. The van der Waals surface area contributed by atoms with Crippen LogP contribution in [0.1, 0.15) is 0 Å². The van der Waals surface area contributed by atoms with E-state index in [0.29, 0.717) is 0 Å². The minimum atomic E-state index is -0.632. The highest BCUT2D eigenvalue weighted by Gasteiger charge is 2.04. The monoisotopic (exact) mass is 166 g/mol. The average molecular weight is 167 g/mol. The maximum atomic E-state index is 10.3. The molecule has 4 nitrogen and oxygen atoms in total. The van der Waals surface area contributed by atoms with Crippen LogP contribution in [0.2, 0.25) is 0 Å². The number of rotatable bonds is 3. The molecule has 0 bridgehead atoms. The van der Waals surface area contributed by atoms with Gasteiger partial charge < -0.3 is 9.47 Å². The third kappa shape index (κ3) is 4.14. The van der Waals surface area contributed by atoms with Crippen molar-refractivity contribution in [2.45, 2.75) is 0 Å². The lowest BCUT2D eigenvalue weighted by molar-refractivity contribution is -0.155. The van der Waals surface area contributed by atoms with Crippen molar-refractivity contribution >= 4 is 23.5 Å². The van der Waals surface area contributed by atoms with Gasteiger partial charge in [-0.1, -0.05) is 0 Å². The number of hydrogen-bond donors (Lipinski definition) is 0. The zero-order chi connectivity index (χ0) is 7.98. The van der Waals surface area contributed by atoms with Gasteiger partial charge in [-0.25, -0.2) is 4.79 Å². The van der Waals surface area contributed by atoms with E-state index >= 15 is 0 Å². The summed E-state index contributed by atoms with van der Waals surface area (Å²) < 4.78 is 8.48. The van der Waals surface area contributed by atoms with Gasteiger partial charge in [-0.05, 0) is 0 Å². The first-order valence-electron chi connectivity index (χ1n) is 2.49. The van der Waals surface area contributed by atoms with Gasteiger partial charge in [-0.3, -0.25) is 4.79 Å². The molecule has 0 aliphatic carbocycles. The van der Waals surface area contributed by atoms with Gasteiger partial charge in [0.15, 0.2) is 6.61 Å². The topological polar surface area (TPSA) is 52.6 Å². The molecule has 0 heterocycles. The van der Waals surface area contributed by atoms with Gasteiger partial charge in [0.1, 0.15) is 5.88 Å². The van der Waals surface area contributed by atoms with Gasteiger partial charge in [-0.15, -0.1) is 11.6 Å². The van der Waals surface area contributed by atoms with Gasteiger partial charge in [0, 0.05) is 0 Å². The molecule has 0 fully saturated rings. The van der Waals surface area contributed by atoms with Crippen LogP contribution in [0.3, 0.4) is 0 Å². The molecule has 0 aliphatic rings. The lowest BCUT2D eigenvalue weighted by Gasteiger charge is -1.98. The minimum Gasteiger partial charge on any atom is -0.466 e. The SMILES string of the molecule is COC(=O)COC(=O)CCl. The van der Waals surface area contributed by atoms with Crippen molar-refractivity contribution < 1.29 is 19.1 Å². The Morgan fingerprint density at radius 1 is 1.40 bits per heavy atom.